The molecule has 1 heterocycles. The molecule has 0 atom stereocenters. The second-order valence-electron chi connectivity index (χ2n) is 8.03. The van der Waals surface area contributed by atoms with Gasteiger partial charge in [0.05, 0.1) is 11.9 Å². The number of nitrogens with zero attached hydrogens (tertiary/aromatic N) is 2. The molecule has 3 rings (SSSR count). The van der Waals surface area contributed by atoms with Gasteiger partial charge in [-0.15, -0.1) is 0 Å². The molecule has 0 saturated carbocycles. The predicted molar refractivity (Wildman–Crippen MR) is 122 cm³/mol. The number of piperidine rings is 1. The van der Waals surface area contributed by atoms with Gasteiger partial charge in [-0.25, -0.2) is 17.2 Å². The van der Waals surface area contributed by atoms with Crippen molar-refractivity contribution in [2.45, 2.75) is 38.6 Å². The lowest BCUT2D eigenvalue weighted by atomic mass is 10.1. The van der Waals surface area contributed by atoms with Gasteiger partial charge in [0.25, 0.3) is 0 Å². The van der Waals surface area contributed by atoms with Crippen molar-refractivity contribution in [1.82, 2.24) is 5.32 Å². The Morgan fingerprint density at radius 1 is 1.03 bits per heavy atom. The summed E-state index contributed by atoms with van der Waals surface area (Å²) >= 11 is 0. The lowest BCUT2D eigenvalue weighted by Crippen LogP contribution is -2.32. The maximum atomic E-state index is 13.5. The van der Waals surface area contributed by atoms with Crippen LogP contribution < -0.4 is 14.5 Å². The van der Waals surface area contributed by atoms with Crippen molar-refractivity contribution >= 4 is 27.3 Å². The third-order valence-electron chi connectivity index (χ3n) is 5.50. The van der Waals surface area contributed by atoms with Gasteiger partial charge in [0.2, 0.25) is 15.9 Å². The average molecular weight is 466 g/mol. The summed E-state index contributed by atoms with van der Waals surface area (Å²) in [7, 11) is -3.71. The largest absolute Gasteiger partial charge is 0.372 e. The molecule has 2 aromatic carbocycles. The first kappa shape index (κ1) is 24.0. The van der Waals surface area contributed by atoms with E-state index in [4.69, 9.17) is 0 Å². The topological polar surface area (TPSA) is 69.7 Å². The Kier molecular flexibility index (Phi) is 8.06. The summed E-state index contributed by atoms with van der Waals surface area (Å²) in [6, 6.07) is 11.1. The Morgan fingerprint density at radius 2 is 1.72 bits per heavy atom. The Balaban J connectivity index is 1.47. The fraction of sp³-hybridized carbons (Fsp3) is 0.435. The van der Waals surface area contributed by atoms with E-state index < -0.39 is 21.7 Å². The van der Waals surface area contributed by atoms with Gasteiger partial charge in [-0.05, 0) is 55.5 Å². The molecule has 1 aliphatic rings. The zero-order valence-electron chi connectivity index (χ0n) is 18.2. The number of benzene rings is 2. The van der Waals surface area contributed by atoms with Crippen LogP contribution in [0.25, 0.3) is 0 Å². The maximum Gasteiger partial charge on any atom is 0.232 e. The number of hydrogen-bond acceptors (Lipinski definition) is 4. The number of sulfonamides is 1. The van der Waals surface area contributed by atoms with Crippen molar-refractivity contribution in [3.8, 4) is 0 Å². The molecule has 9 heteroatoms. The first-order valence-electron chi connectivity index (χ1n) is 10.8. The SMILES string of the molecule is CS(=O)(=O)N(CCCC(=O)NCc1ccc(N2CCCCC2)cc1)c1ccc(F)c(F)c1. The number of carbonyl (C=O) groups is 1. The quantitative estimate of drug-likeness (QED) is 0.611. The van der Waals surface area contributed by atoms with E-state index in [9.17, 15) is 22.0 Å². The normalized spacial score (nSPS) is 14.3. The number of amides is 1. The summed E-state index contributed by atoms with van der Waals surface area (Å²) in [5, 5.41) is 2.84. The van der Waals surface area contributed by atoms with Crippen molar-refractivity contribution in [1.29, 1.82) is 0 Å². The van der Waals surface area contributed by atoms with E-state index in [1.807, 2.05) is 12.1 Å². The van der Waals surface area contributed by atoms with Crippen LogP contribution in [0.1, 0.15) is 37.7 Å². The van der Waals surface area contributed by atoms with Gasteiger partial charge in [-0.1, -0.05) is 12.1 Å². The minimum atomic E-state index is -3.71. The van der Waals surface area contributed by atoms with E-state index in [2.05, 4.69) is 22.3 Å². The zero-order chi connectivity index (χ0) is 23.1. The molecule has 1 aliphatic heterocycles. The summed E-state index contributed by atoms with van der Waals surface area (Å²) < 4.78 is 51.8. The highest BCUT2D eigenvalue weighted by molar-refractivity contribution is 7.92. The van der Waals surface area contributed by atoms with Crippen LogP contribution in [0.4, 0.5) is 20.2 Å². The summed E-state index contributed by atoms with van der Waals surface area (Å²) in [6.45, 7) is 2.52. The summed E-state index contributed by atoms with van der Waals surface area (Å²) in [5.41, 5.74) is 2.21. The molecule has 1 amide bonds. The fourth-order valence-corrected chi connectivity index (χ4v) is 4.73. The standard InChI is InChI=1S/C23H29F2N3O3S/c1-32(30,31)28(20-11-12-21(24)22(25)16-20)15-5-6-23(29)26-17-18-7-9-19(10-8-18)27-13-3-2-4-14-27/h7-12,16H,2-6,13-15,17H2,1H3,(H,26,29). The number of halogens is 2. The highest BCUT2D eigenvalue weighted by atomic mass is 32.2. The molecular formula is C23H29F2N3O3S. The van der Waals surface area contributed by atoms with Crippen LogP contribution in [0.2, 0.25) is 0 Å². The minimum Gasteiger partial charge on any atom is -0.372 e. The molecule has 0 aliphatic carbocycles. The first-order valence-corrected chi connectivity index (χ1v) is 12.6. The lowest BCUT2D eigenvalue weighted by Gasteiger charge is -2.28. The summed E-state index contributed by atoms with van der Waals surface area (Å²) in [4.78, 5) is 14.6. The van der Waals surface area contributed by atoms with Crippen LogP contribution in [0.5, 0.6) is 0 Å². The molecule has 32 heavy (non-hydrogen) atoms. The van der Waals surface area contributed by atoms with Gasteiger partial charge in [-0.2, -0.15) is 0 Å². The molecular weight excluding hydrogens is 436 g/mol. The lowest BCUT2D eigenvalue weighted by molar-refractivity contribution is -0.121. The number of nitrogens with one attached hydrogen (secondary N) is 1. The fourth-order valence-electron chi connectivity index (χ4n) is 3.78. The average Bonchev–Trinajstić information content (AvgIpc) is 2.77. The second-order valence-corrected chi connectivity index (χ2v) is 9.93. The highest BCUT2D eigenvalue weighted by Crippen LogP contribution is 2.22. The molecule has 0 radical (unpaired) electrons. The molecule has 6 nitrogen and oxygen atoms in total. The number of carbonyl (C=O) groups excluding carboxylic acids is 1. The van der Waals surface area contributed by atoms with E-state index >= 15 is 0 Å². The molecule has 1 fully saturated rings. The molecule has 1 saturated heterocycles. The second kappa shape index (κ2) is 10.8. The zero-order valence-corrected chi connectivity index (χ0v) is 19.0. The number of anilines is 2. The van der Waals surface area contributed by atoms with Gasteiger partial charge >= 0.3 is 0 Å². The van der Waals surface area contributed by atoms with E-state index in [0.717, 1.165) is 41.3 Å². The number of rotatable bonds is 9. The third kappa shape index (κ3) is 6.66. The highest BCUT2D eigenvalue weighted by Gasteiger charge is 2.19. The van der Waals surface area contributed by atoms with E-state index in [1.165, 1.54) is 31.0 Å². The van der Waals surface area contributed by atoms with Crippen molar-refractivity contribution in [2.75, 3.05) is 35.1 Å². The van der Waals surface area contributed by atoms with Gasteiger partial charge < -0.3 is 10.2 Å². The molecule has 174 valence electrons. The Morgan fingerprint density at radius 3 is 2.34 bits per heavy atom. The molecule has 0 aromatic heterocycles. The summed E-state index contributed by atoms with van der Waals surface area (Å²) in [5.74, 6) is -2.38. The van der Waals surface area contributed by atoms with Crippen molar-refractivity contribution < 1.29 is 22.0 Å². The monoisotopic (exact) mass is 465 g/mol. The van der Waals surface area contributed by atoms with Crippen LogP contribution in [0.15, 0.2) is 42.5 Å². The third-order valence-corrected chi connectivity index (χ3v) is 6.70. The molecule has 0 bridgehead atoms. The van der Waals surface area contributed by atoms with Crippen LogP contribution in [-0.4, -0.2) is 40.2 Å². The van der Waals surface area contributed by atoms with Crippen molar-refractivity contribution in [3.05, 3.63) is 59.7 Å². The summed E-state index contributed by atoms with van der Waals surface area (Å²) in [6.07, 6.45) is 5.05. The molecule has 1 N–H and O–H groups in total. The predicted octanol–water partition coefficient (Wildman–Crippen LogP) is 3.82. The van der Waals surface area contributed by atoms with Gasteiger partial charge in [-0.3, -0.25) is 9.10 Å². The van der Waals surface area contributed by atoms with Crippen LogP contribution in [0, 0.1) is 11.6 Å². The van der Waals surface area contributed by atoms with Gasteiger partial charge in [0, 0.05) is 44.4 Å². The first-order chi connectivity index (χ1) is 15.2. The van der Waals surface area contributed by atoms with Crippen molar-refractivity contribution in [3.63, 3.8) is 0 Å². The van der Waals surface area contributed by atoms with E-state index in [1.54, 1.807) is 0 Å². The van der Waals surface area contributed by atoms with Crippen molar-refractivity contribution in [2.24, 2.45) is 0 Å². The van der Waals surface area contributed by atoms with Crippen LogP contribution in [-0.2, 0) is 21.4 Å². The Hall–Kier alpha value is -2.68. The van der Waals surface area contributed by atoms with E-state index in [-0.39, 0.29) is 31.0 Å². The van der Waals surface area contributed by atoms with E-state index in [0.29, 0.717) is 6.54 Å². The Bertz CT molecular complexity index is 1020. The molecule has 0 unspecified atom stereocenters. The van der Waals surface area contributed by atoms with Crippen LogP contribution in [0.3, 0.4) is 0 Å². The van der Waals surface area contributed by atoms with Crippen LogP contribution >= 0.6 is 0 Å². The minimum absolute atomic E-state index is 0.0120. The number of hydrogen-bond donors (Lipinski definition) is 1. The molecule has 2 aromatic rings. The maximum absolute atomic E-state index is 13.5. The van der Waals surface area contributed by atoms with Gasteiger partial charge in [0.15, 0.2) is 11.6 Å². The van der Waals surface area contributed by atoms with Gasteiger partial charge in [0.1, 0.15) is 0 Å². The molecule has 0 spiro atoms. The Labute approximate surface area is 188 Å². The smallest absolute Gasteiger partial charge is 0.232 e.